The van der Waals surface area contributed by atoms with Gasteiger partial charge >= 0.3 is 0 Å². The molecule has 0 radical (unpaired) electrons. The van der Waals surface area contributed by atoms with Crippen LogP contribution in [0.25, 0.3) is 0 Å². The summed E-state index contributed by atoms with van der Waals surface area (Å²) in [6, 6.07) is 22.1. The third-order valence-corrected chi connectivity index (χ3v) is 4.16. The number of halogens is 1. The third-order valence-electron chi connectivity index (χ3n) is 3.74. The van der Waals surface area contributed by atoms with E-state index < -0.39 is 0 Å². The largest absolute Gasteiger partial charge is 0.484 e. The first-order valence-corrected chi connectivity index (χ1v) is 9.02. The average Bonchev–Trinajstić information content (AvgIpc) is 2.70. The number of nitrogens with one attached hydrogen (secondary N) is 1. The van der Waals surface area contributed by atoms with Gasteiger partial charge in [-0.2, -0.15) is 5.10 Å². The summed E-state index contributed by atoms with van der Waals surface area (Å²) in [6.07, 6.45) is 1.54. The van der Waals surface area contributed by atoms with E-state index in [2.05, 4.69) is 10.5 Å². The van der Waals surface area contributed by atoms with Crippen LogP contribution in [0.2, 0.25) is 5.02 Å². The Labute approximate surface area is 168 Å². The van der Waals surface area contributed by atoms with Crippen molar-refractivity contribution >= 4 is 23.7 Å². The summed E-state index contributed by atoms with van der Waals surface area (Å²) in [5.74, 6) is 1.65. The number of hydrogen-bond acceptors (Lipinski definition) is 4. The number of nitrogens with zero attached hydrogens (tertiary/aromatic N) is 1. The molecule has 3 aromatic rings. The Kier molecular flexibility index (Phi) is 6.65. The Morgan fingerprint density at radius 1 is 1.00 bits per heavy atom. The van der Waals surface area contributed by atoms with Gasteiger partial charge in [0.25, 0.3) is 5.91 Å². The van der Waals surface area contributed by atoms with E-state index in [9.17, 15) is 4.79 Å². The van der Waals surface area contributed by atoms with E-state index in [-0.39, 0.29) is 12.5 Å². The van der Waals surface area contributed by atoms with Gasteiger partial charge in [-0.05, 0) is 60.5 Å². The van der Waals surface area contributed by atoms with Gasteiger partial charge in [-0.15, -0.1) is 0 Å². The minimum absolute atomic E-state index is 0.143. The highest BCUT2D eigenvalue weighted by Crippen LogP contribution is 2.22. The molecule has 0 atom stereocenters. The molecule has 3 aromatic carbocycles. The third kappa shape index (κ3) is 5.86. The van der Waals surface area contributed by atoms with Crippen LogP contribution in [0.15, 0.2) is 77.9 Å². The van der Waals surface area contributed by atoms with Crippen LogP contribution in [0.4, 0.5) is 0 Å². The summed E-state index contributed by atoms with van der Waals surface area (Å²) in [4.78, 5) is 11.9. The standard InChI is InChI=1S/C22H19ClN2O3/c1-16-12-19(10-11-21(16)23)27-15-22(26)25-24-14-17-6-5-9-20(13-17)28-18-7-3-2-4-8-18/h2-14H,15H2,1H3,(H,25,26)/b24-14+. The van der Waals surface area contributed by atoms with Gasteiger partial charge in [-0.3, -0.25) is 4.79 Å². The highest BCUT2D eigenvalue weighted by molar-refractivity contribution is 6.31. The van der Waals surface area contributed by atoms with E-state index in [1.54, 1.807) is 24.4 Å². The van der Waals surface area contributed by atoms with Crippen LogP contribution in [-0.2, 0) is 4.79 Å². The van der Waals surface area contributed by atoms with Crippen molar-refractivity contribution in [2.45, 2.75) is 6.92 Å². The van der Waals surface area contributed by atoms with Crippen molar-refractivity contribution < 1.29 is 14.3 Å². The lowest BCUT2D eigenvalue weighted by Crippen LogP contribution is -2.24. The summed E-state index contributed by atoms with van der Waals surface area (Å²) in [5.41, 5.74) is 4.11. The van der Waals surface area contributed by atoms with Crippen LogP contribution in [-0.4, -0.2) is 18.7 Å². The topological polar surface area (TPSA) is 59.9 Å². The molecule has 0 saturated heterocycles. The van der Waals surface area contributed by atoms with Crippen LogP contribution < -0.4 is 14.9 Å². The predicted molar refractivity (Wildman–Crippen MR) is 110 cm³/mol. The fourth-order valence-electron chi connectivity index (χ4n) is 2.35. The van der Waals surface area contributed by atoms with Crippen LogP contribution in [0, 0.1) is 6.92 Å². The minimum Gasteiger partial charge on any atom is -0.484 e. The molecule has 0 heterocycles. The van der Waals surface area contributed by atoms with Crippen LogP contribution in [0.5, 0.6) is 17.2 Å². The Hall–Kier alpha value is -3.31. The monoisotopic (exact) mass is 394 g/mol. The van der Waals surface area contributed by atoms with E-state index in [1.807, 2.05) is 61.5 Å². The van der Waals surface area contributed by atoms with Crippen molar-refractivity contribution in [3.63, 3.8) is 0 Å². The molecule has 3 rings (SSSR count). The molecule has 1 amide bonds. The van der Waals surface area contributed by atoms with E-state index in [0.717, 1.165) is 16.9 Å². The number of para-hydroxylation sites is 1. The number of rotatable bonds is 7. The van der Waals surface area contributed by atoms with Crippen molar-refractivity contribution in [1.82, 2.24) is 5.43 Å². The maximum absolute atomic E-state index is 11.9. The van der Waals surface area contributed by atoms with Crippen molar-refractivity contribution in [2.75, 3.05) is 6.61 Å². The van der Waals surface area contributed by atoms with Gasteiger partial charge in [0, 0.05) is 5.02 Å². The van der Waals surface area contributed by atoms with Gasteiger partial charge in [0.1, 0.15) is 17.2 Å². The normalized spacial score (nSPS) is 10.6. The lowest BCUT2D eigenvalue weighted by Gasteiger charge is -2.07. The lowest BCUT2D eigenvalue weighted by molar-refractivity contribution is -0.123. The lowest BCUT2D eigenvalue weighted by atomic mass is 10.2. The van der Waals surface area contributed by atoms with Crippen molar-refractivity contribution in [3.8, 4) is 17.2 Å². The highest BCUT2D eigenvalue weighted by atomic mass is 35.5. The van der Waals surface area contributed by atoms with Gasteiger partial charge in [0.05, 0.1) is 6.21 Å². The Morgan fingerprint density at radius 2 is 1.79 bits per heavy atom. The molecule has 0 aromatic heterocycles. The number of hydrogen-bond donors (Lipinski definition) is 1. The van der Waals surface area contributed by atoms with Gasteiger partial charge in [0.2, 0.25) is 0 Å². The van der Waals surface area contributed by atoms with Crippen LogP contribution in [0.1, 0.15) is 11.1 Å². The second kappa shape index (κ2) is 9.58. The summed E-state index contributed by atoms with van der Waals surface area (Å²) >= 11 is 5.96. The molecule has 0 bridgehead atoms. The number of carbonyl (C=O) groups is 1. The van der Waals surface area contributed by atoms with Gasteiger partial charge in [0.15, 0.2) is 6.61 Å². The van der Waals surface area contributed by atoms with Crippen LogP contribution >= 0.6 is 11.6 Å². The van der Waals surface area contributed by atoms with Crippen molar-refractivity contribution in [2.24, 2.45) is 5.10 Å². The smallest absolute Gasteiger partial charge is 0.277 e. The van der Waals surface area contributed by atoms with E-state index in [4.69, 9.17) is 21.1 Å². The minimum atomic E-state index is -0.361. The highest BCUT2D eigenvalue weighted by Gasteiger charge is 2.03. The molecule has 0 spiro atoms. The molecule has 0 aliphatic heterocycles. The van der Waals surface area contributed by atoms with Crippen molar-refractivity contribution in [1.29, 1.82) is 0 Å². The first-order chi connectivity index (χ1) is 13.6. The Bertz CT molecular complexity index is 975. The fourth-order valence-corrected chi connectivity index (χ4v) is 2.47. The summed E-state index contributed by atoms with van der Waals surface area (Å²) in [5, 5.41) is 4.61. The van der Waals surface area contributed by atoms with E-state index in [0.29, 0.717) is 16.5 Å². The first kappa shape index (κ1) is 19.5. The number of ether oxygens (including phenoxy) is 2. The second-order valence-corrected chi connectivity index (χ2v) is 6.39. The fraction of sp³-hybridized carbons (Fsp3) is 0.0909. The van der Waals surface area contributed by atoms with Gasteiger partial charge < -0.3 is 9.47 Å². The van der Waals surface area contributed by atoms with E-state index in [1.165, 1.54) is 0 Å². The molecule has 0 aliphatic carbocycles. The molecule has 28 heavy (non-hydrogen) atoms. The van der Waals surface area contributed by atoms with Gasteiger partial charge in [-0.25, -0.2) is 5.43 Å². The molecule has 0 aliphatic rings. The molecule has 0 unspecified atom stereocenters. The number of aryl methyl sites for hydroxylation is 1. The molecular weight excluding hydrogens is 376 g/mol. The Balaban J connectivity index is 1.50. The molecule has 0 saturated carbocycles. The number of carbonyl (C=O) groups excluding carboxylic acids is 1. The maximum Gasteiger partial charge on any atom is 0.277 e. The summed E-state index contributed by atoms with van der Waals surface area (Å²) in [6.45, 7) is 1.73. The number of amides is 1. The zero-order valence-corrected chi connectivity index (χ0v) is 16.0. The number of hydrazone groups is 1. The summed E-state index contributed by atoms with van der Waals surface area (Å²) in [7, 11) is 0. The van der Waals surface area contributed by atoms with E-state index >= 15 is 0 Å². The molecule has 142 valence electrons. The second-order valence-electron chi connectivity index (χ2n) is 5.98. The molecular formula is C22H19ClN2O3. The molecule has 1 N–H and O–H groups in total. The molecule has 0 fully saturated rings. The summed E-state index contributed by atoms with van der Waals surface area (Å²) < 4.78 is 11.2. The zero-order valence-electron chi connectivity index (χ0n) is 15.3. The molecule has 5 nitrogen and oxygen atoms in total. The quantitative estimate of drug-likeness (QED) is 0.454. The zero-order chi connectivity index (χ0) is 19.8. The average molecular weight is 395 g/mol. The maximum atomic E-state index is 11.9. The number of benzene rings is 3. The van der Waals surface area contributed by atoms with Crippen molar-refractivity contribution in [3.05, 3.63) is 88.9 Å². The SMILES string of the molecule is Cc1cc(OCC(=O)N/N=C/c2cccc(Oc3ccccc3)c2)ccc1Cl. The first-order valence-electron chi connectivity index (χ1n) is 8.64. The molecule has 6 heteroatoms. The van der Waals surface area contributed by atoms with Crippen LogP contribution in [0.3, 0.4) is 0 Å². The predicted octanol–water partition coefficient (Wildman–Crippen LogP) is 4.97. The Morgan fingerprint density at radius 3 is 2.57 bits per heavy atom. The van der Waals surface area contributed by atoms with Gasteiger partial charge in [-0.1, -0.05) is 41.9 Å².